The number of carbonyl (C=O) groups excluding carboxylic acids is 2. The maximum absolute atomic E-state index is 12.0. The van der Waals surface area contributed by atoms with Crippen molar-refractivity contribution in [2.45, 2.75) is 25.7 Å². The first-order valence-corrected chi connectivity index (χ1v) is 6.80. The Hall–Kier alpha value is -0.940. The third-order valence-electron chi connectivity index (χ3n) is 3.90. The van der Waals surface area contributed by atoms with Crippen LogP contribution in [0, 0.1) is 11.8 Å². The third-order valence-corrected chi connectivity index (χ3v) is 3.90. The van der Waals surface area contributed by atoms with Crippen molar-refractivity contribution in [3.05, 3.63) is 0 Å². The molecule has 1 saturated carbocycles. The van der Waals surface area contributed by atoms with E-state index in [1.165, 1.54) is 4.90 Å². The fraction of sp³-hybridized carbons (Fsp3) is 0.846. The highest BCUT2D eigenvalue weighted by Gasteiger charge is 2.49. The Kier molecular flexibility index (Phi) is 4.72. The van der Waals surface area contributed by atoms with Gasteiger partial charge in [0.15, 0.2) is 0 Å². The number of likely N-dealkylation sites (tertiary alicyclic amines) is 1. The number of nitrogens with one attached hydrogen (secondary N) is 1. The van der Waals surface area contributed by atoms with Gasteiger partial charge in [0.05, 0.1) is 18.4 Å². The summed E-state index contributed by atoms with van der Waals surface area (Å²) in [6.45, 7) is 2.87. The summed E-state index contributed by atoms with van der Waals surface area (Å²) in [5.74, 6) is 0.136. The number of hydrogen-bond donors (Lipinski definition) is 1. The zero-order valence-electron chi connectivity index (χ0n) is 11.0. The van der Waals surface area contributed by atoms with Gasteiger partial charge in [0, 0.05) is 20.2 Å². The minimum atomic E-state index is -0.000972. The van der Waals surface area contributed by atoms with Gasteiger partial charge in [0.1, 0.15) is 0 Å². The first-order valence-electron chi connectivity index (χ1n) is 6.80. The molecule has 0 spiro atoms. The lowest BCUT2D eigenvalue weighted by atomic mass is 10.00. The van der Waals surface area contributed by atoms with Crippen LogP contribution in [0.4, 0.5) is 0 Å². The highest BCUT2D eigenvalue weighted by molar-refractivity contribution is 6.05. The first kappa shape index (κ1) is 13.5. The number of fused-ring (bicyclic) bond motifs is 1. The van der Waals surface area contributed by atoms with Gasteiger partial charge < -0.3 is 10.1 Å². The lowest BCUT2D eigenvalue weighted by Crippen LogP contribution is -2.34. The van der Waals surface area contributed by atoms with Crippen LogP contribution in [-0.4, -0.2) is 50.1 Å². The van der Waals surface area contributed by atoms with Gasteiger partial charge in [-0.05, 0) is 25.8 Å². The summed E-state index contributed by atoms with van der Waals surface area (Å²) in [7, 11) is 1.67. The highest BCUT2D eigenvalue weighted by Crippen LogP contribution is 2.39. The number of rotatable bonds is 7. The second kappa shape index (κ2) is 6.29. The van der Waals surface area contributed by atoms with Crippen LogP contribution in [0.5, 0.6) is 0 Å². The molecule has 5 nitrogen and oxygen atoms in total. The van der Waals surface area contributed by atoms with Crippen molar-refractivity contribution >= 4 is 11.8 Å². The summed E-state index contributed by atoms with van der Waals surface area (Å²) in [5, 5.41) is 3.22. The predicted molar refractivity (Wildman–Crippen MR) is 66.9 cm³/mol. The molecule has 2 unspecified atom stereocenters. The van der Waals surface area contributed by atoms with Crippen LogP contribution in [-0.2, 0) is 14.3 Å². The highest BCUT2D eigenvalue weighted by atomic mass is 16.5. The summed E-state index contributed by atoms with van der Waals surface area (Å²) in [6, 6.07) is 0. The lowest BCUT2D eigenvalue weighted by Gasteiger charge is -2.15. The Bertz CT molecular complexity index is 297. The van der Waals surface area contributed by atoms with E-state index in [4.69, 9.17) is 4.74 Å². The SMILES string of the molecule is COCCNCCCN1C(=O)C2CCCC2C1=O. The number of carbonyl (C=O) groups is 2. The smallest absolute Gasteiger partial charge is 0.233 e. The monoisotopic (exact) mass is 254 g/mol. The quantitative estimate of drug-likeness (QED) is 0.528. The molecule has 1 aliphatic carbocycles. The average molecular weight is 254 g/mol. The van der Waals surface area contributed by atoms with E-state index in [9.17, 15) is 9.59 Å². The molecule has 0 aromatic carbocycles. The average Bonchev–Trinajstić information content (AvgIpc) is 2.92. The summed E-state index contributed by atoms with van der Waals surface area (Å²) in [5.41, 5.74) is 0. The van der Waals surface area contributed by atoms with E-state index in [2.05, 4.69) is 5.32 Å². The predicted octanol–water partition coefficient (Wildman–Crippen LogP) is 0.398. The van der Waals surface area contributed by atoms with Crippen LogP contribution in [0.25, 0.3) is 0 Å². The molecule has 2 amide bonds. The molecule has 0 aromatic rings. The minimum Gasteiger partial charge on any atom is -0.383 e. The van der Waals surface area contributed by atoms with Crippen molar-refractivity contribution in [2.24, 2.45) is 11.8 Å². The van der Waals surface area contributed by atoms with Crippen molar-refractivity contribution < 1.29 is 14.3 Å². The van der Waals surface area contributed by atoms with Gasteiger partial charge in [-0.2, -0.15) is 0 Å². The molecule has 102 valence electrons. The van der Waals surface area contributed by atoms with E-state index in [1.54, 1.807) is 7.11 Å². The van der Waals surface area contributed by atoms with E-state index in [1.807, 2.05) is 0 Å². The lowest BCUT2D eigenvalue weighted by molar-refractivity contribution is -0.140. The molecule has 2 atom stereocenters. The number of methoxy groups -OCH3 is 1. The van der Waals surface area contributed by atoms with Gasteiger partial charge in [-0.15, -0.1) is 0 Å². The summed E-state index contributed by atoms with van der Waals surface area (Å²) in [6.07, 6.45) is 3.65. The molecule has 0 aromatic heterocycles. The molecule has 2 aliphatic rings. The first-order chi connectivity index (χ1) is 8.75. The molecular formula is C13H22N2O3. The largest absolute Gasteiger partial charge is 0.383 e. The summed E-state index contributed by atoms with van der Waals surface area (Å²) < 4.78 is 4.93. The van der Waals surface area contributed by atoms with Crippen LogP contribution in [0.2, 0.25) is 0 Å². The van der Waals surface area contributed by atoms with Crippen molar-refractivity contribution in [3.63, 3.8) is 0 Å². The van der Waals surface area contributed by atoms with Crippen LogP contribution < -0.4 is 5.32 Å². The minimum absolute atomic E-state index is 0.000972. The molecule has 18 heavy (non-hydrogen) atoms. The fourth-order valence-corrected chi connectivity index (χ4v) is 2.94. The van der Waals surface area contributed by atoms with Crippen molar-refractivity contribution in [1.82, 2.24) is 10.2 Å². The molecule has 2 fully saturated rings. The van der Waals surface area contributed by atoms with Gasteiger partial charge in [-0.3, -0.25) is 14.5 Å². The van der Waals surface area contributed by atoms with E-state index in [0.717, 1.165) is 38.8 Å². The Labute approximate surface area is 108 Å². The normalized spacial score (nSPS) is 27.1. The molecule has 1 saturated heterocycles. The Morgan fingerprint density at radius 1 is 1.22 bits per heavy atom. The standard InChI is InChI=1S/C13H22N2O3/c1-18-9-7-14-6-3-8-15-12(16)10-4-2-5-11(10)13(15)17/h10-11,14H,2-9H2,1H3. The molecule has 5 heteroatoms. The maximum atomic E-state index is 12.0. The van der Waals surface area contributed by atoms with Crippen LogP contribution in [0.3, 0.4) is 0 Å². The molecule has 1 heterocycles. The second-order valence-electron chi connectivity index (χ2n) is 5.07. The zero-order chi connectivity index (χ0) is 13.0. The van der Waals surface area contributed by atoms with E-state index >= 15 is 0 Å². The molecule has 1 aliphatic heterocycles. The topological polar surface area (TPSA) is 58.6 Å². The van der Waals surface area contributed by atoms with Crippen molar-refractivity contribution in [3.8, 4) is 0 Å². The van der Waals surface area contributed by atoms with Gasteiger partial charge in [-0.1, -0.05) is 6.42 Å². The Morgan fingerprint density at radius 2 is 1.89 bits per heavy atom. The number of imide groups is 1. The van der Waals surface area contributed by atoms with Gasteiger partial charge in [0.25, 0.3) is 0 Å². The fourth-order valence-electron chi connectivity index (χ4n) is 2.94. The molecule has 2 rings (SSSR count). The van der Waals surface area contributed by atoms with Crippen molar-refractivity contribution in [1.29, 1.82) is 0 Å². The van der Waals surface area contributed by atoms with E-state index < -0.39 is 0 Å². The number of ether oxygens (including phenoxy) is 1. The number of amides is 2. The third kappa shape index (κ3) is 2.72. The Morgan fingerprint density at radius 3 is 2.50 bits per heavy atom. The molecule has 0 bridgehead atoms. The van der Waals surface area contributed by atoms with E-state index in [-0.39, 0.29) is 23.7 Å². The van der Waals surface area contributed by atoms with Gasteiger partial charge >= 0.3 is 0 Å². The number of nitrogens with zero attached hydrogens (tertiary/aromatic N) is 1. The molecule has 1 N–H and O–H groups in total. The van der Waals surface area contributed by atoms with E-state index in [0.29, 0.717) is 13.2 Å². The summed E-state index contributed by atoms with van der Waals surface area (Å²) >= 11 is 0. The van der Waals surface area contributed by atoms with Gasteiger partial charge in [-0.25, -0.2) is 0 Å². The Balaban J connectivity index is 1.70. The molecular weight excluding hydrogens is 232 g/mol. The maximum Gasteiger partial charge on any atom is 0.233 e. The van der Waals surface area contributed by atoms with Crippen LogP contribution in [0.1, 0.15) is 25.7 Å². The van der Waals surface area contributed by atoms with Gasteiger partial charge in [0.2, 0.25) is 11.8 Å². The van der Waals surface area contributed by atoms with Crippen LogP contribution in [0.15, 0.2) is 0 Å². The second-order valence-corrected chi connectivity index (χ2v) is 5.07. The molecule has 0 radical (unpaired) electrons. The van der Waals surface area contributed by atoms with Crippen molar-refractivity contribution in [2.75, 3.05) is 33.4 Å². The summed E-state index contributed by atoms with van der Waals surface area (Å²) in [4.78, 5) is 25.5. The number of hydrogen-bond acceptors (Lipinski definition) is 4. The zero-order valence-corrected chi connectivity index (χ0v) is 11.0. The van der Waals surface area contributed by atoms with Crippen LogP contribution >= 0.6 is 0 Å².